The van der Waals surface area contributed by atoms with Crippen molar-refractivity contribution >= 4 is 23.3 Å². The van der Waals surface area contributed by atoms with E-state index in [1.54, 1.807) is 0 Å². The Morgan fingerprint density at radius 2 is 2.11 bits per heavy atom. The van der Waals surface area contributed by atoms with E-state index in [2.05, 4.69) is 13.8 Å². The SMILES string of the molecule is CC1(C)c2ccc(C(=O)CCl)cc2CC1CC(N)=O. The topological polar surface area (TPSA) is 60.2 Å². The van der Waals surface area contributed by atoms with E-state index in [4.69, 9.17) is 17.3 Å². The first-order valence-electron chi connectivity index (χ1n) is 6.37. The molecule has 0 aromatic heterocycles. The molecule has 0 fully saturated rings. The maximum Gasteiger partial charge on any atom is 0.217 e. The molecule has 19 heavy (non-hydrogen) atoms. The molecular formula is C15H18ClNO2. The van der Waals surface area contributed by atoms with Crippen molar-refractivity contribution in [1.82, 2.24) is 0 Å². The molecule has 1 aromatic carbocycles. The van der Waals surface area contributed by atoms with Crippen molar-refractivity contribution in [2.75, 3.05) is 5.88 Å². The Morgan fingerprint density at radius 3 is 2.68 bits per heavy atom. The summed E-state index contributed by atoms with van der Waals surface area (Å²) in [4.78, 5) is 22.8. The number of primary amides is 1. The van der Waals surface area contributed by atoms with Gasteiger partial charge in [-0.25, -0.2) is 0 Å². The minimum Gasteiger partial charge on any atom is -0.370 e. The zero-order valence-corrected chi connectivity index (χ0v) is 12.0. The van der Waals surface area contributed by atoms with Crippen molar-refractivity contribution in [3.8, 4) is 0 Å². The molecule has 2 N–H and O–H groups in total. The molecule has 4 heteroatoms. The summed E-state index contributed by atoms with van der Waals surface area (Å²) in [6, 6.07) is 5.71. The summed E-state index contributed by atoms with van der Waals surface area (Å²) in [5, 5.41) is 0. The standard InChI is InChI=1S/C15H18ClNO2/c1-15(2)11(7-14(17)19)6-10-5-9(13(18)8-16)3-4-12(10)15/h3-5,11H,6-8H2,1-2H3,(H2,17,19). The van der Waals surface area contributed by atoms with E-state index in [-0.39, 0.29) is 28.9 Å². The van der Waals surface area contributed by atoms with Crippen LogP contribution in [0.2, 0.25) is 0 Å². The van der Waals surface area contributed by atoms with Crippen LogP contribution in [0.4, 0.5) is 0 Å². The monoisotopic (exact) mass is 279 g/mol. The van der Waals surface area contributed by atoms with Crippen molar-refractivity contribution in [2.24, 2.45) is 11.7 Å². The third-order valence-electron chi connectivity index (χ3n) is 4.18. The third-order valence-corrected chi connectivity index (χ3v) is 4.42. The van der Waals surface area contributed by atoms with Gasteiger partial charge in [0, 0.05) is 12.0 Å². The lowest BCUT2D eigenvalue weighted by Crippen LogP contribution is -2.28. The van der Waals surface area contributed by atoms with Crippen molar-refractivity contribution in [2.45, 2.75) is 32.1 Å². The number of hydrogen-bond donors (Lipinski definition) is 1. The largest absolute Gasteiger partial charge is 0.370 e. The van der Waals surface area contributed by atoms with Gasteiger partial charge in [0.15, 0.2) is 5.78 Å². The molecule has 0 spiro atoms. The smallest absolute Gasteiger partial charge is 0.217 e. The Balaban J connectivity index is 2.36. The summed E-state index contributed by atoms with van der Waals surface area (Å²) >= 11 is 5.58. The first-order valence-corrected chi connectivity index (χ1v) is 6.90. The average molecular weight is 280 g/mol. The lowest BCUT2D eigenvalue weighted by Gasteiger charge is -2.27. The Kier molecular flexibility index (Phi) is 3.68. The minimum absolute atomic E-state index is 0.00705. The number of rotatable bonds is 4. The normalized spacial score (nSPS) is 20.1. The van der Waals surface area contributed by atoms with Crippen LogP contribution >= 0.6 is 11.6 Å². The predicted molar refractivity (Wildman–Crippen MR) is 75.5 cm³/mol. The molecule has 0 saturated heterocycles. The first-order chi connectivity index (χ1) is 8.86. The van der Waals surface area contributed by atoms with Gasteiger partial charge in [0.2, 0.25) is 5.91 Å². The number of nitrogens with two attached hydrogens (primary N) is 1. The van der Waals surface area contributed by atoms with E-state index in [1.165, 1.54) is 5.56 Å². The molecular weight excluding hydrogens is 262 g/mol. The Labute approximate surface area is 118 Å². The van der Waals surface area contributed by atoms with E-state index in [0.29, 0.717) is 12.0 Å². The predicted octanol–water partition coefficient (Wildman–Crippen LogP) is 2.43. The molecule has 0 saturated carbocycles. The molecule has 1 aromatic rings. The second kappa shape index (κ2) is 4.97. The van der Waals surface area contributed by atoms with Gasteiger partial charge in [-0.1, -0.05) is 26.0 Å². The molecule has 2 rings (SSSR count). The van der Waals surface area contributed by atoms with Gasteiger partial charge in [0.1, 0.15) is 0 Å². The van der Waals surface area contributed by atoms with Crippen molar-refractivity contribution < 1.29 is 9.59 Å². The number of ketones is 1. The van der Waals surface area contributed by atoms with E-state index in [0.717, 1.165) is 12.0 Å². The Hall–Kier alpha value is -1.35. The summed E-state index contributed by atoms with van der Waals surface area (Å²) < 4.78 is 0. The quantitative estimate of drug-likeness (QED) is 0.680. The molecule has 1 atom stereocenters. The van der Waals surface area contributed by atoms with Crippen LogP contribution in [0, 0.1) is 5.92 Å². The fourth-order valence-corrected chi connectivity index (χ4v) is 3.11. The van der Waals surface area contributed by atoms with Crippen LogP contribution < -0.4 is 5.73 Å². The molecule has 1 unspecified atom stereocenters. The number of hydrogen-bond acceptors (Lipinski definition) is 2. The number of halogens is 1. The van der Waals surface area contributed by atoms with E-state index in [9.17, 15) is 9.59 Å². The molecule has 1 aliphatic rings. The van der Waals surface area contributed by atoms with Crippen molar-refractivity contribution in [3.05, 3.63) is 34.9 Å². The first kappa shape index (κ1) is 14.1. The fourth-order valence-electron chi connectivity index (χ4n) is 2.95. The van der Waals surface area contributed by atoms with Crippen LogP contribution in [0.5, 0.6) is 0 Å². The summed E-state index contributed by atoms with van der Waals surface area (Å²) in [6.07, 6.45) is 1.16. The van der Waals surface area contributed by atoms with Gasteiger partial charge in [0.25, 0.3) is 0 Å². The van der Waals surface area contributed by atoms with Gasteiger partial charge in [0.05, 0.1) is 5.88 Å². The van der Waals surface area contributed by atoms with Crippen LogP contribution in [-0.2, 0) is 16.6 Å². The van der Waals surface area contributed by atoms with Crippen LogP contribution in [0.1, 0.15) is 41.8 Å². The van der Waals surface area contributed by atoms with Gasteiger partial charge in [-0.3, -0.25) is 9.59 Å². The maximum atomic E-state index is 11.6. The molecule has 0 aliphatic heterocycles. The number of fused-ring (bicyclic) bond motifs is 1. The van der Waals surface area contributed by atoms with Crippen LogP contribution in [-0.4, -0.2) is 17.6 Å². The third kappa shape index (κ3) is 2.52. The average Bonchev–Trinajstić information content (AvgIpc) is 2.59. The highest BCUT2D eigenvalue weighted by Crippen LogP contribution is 2.44. The molecule has 1 amide bonds. The molecule has 0 radical (unpaired) electrons. The van der Waals surface area contributed by atoms with Gasteiger partial charge in [-0.2, -0.15) is 0 Å². The molecule has 0 heterocycles. The van der Waals surface area contributed by atoms with Gasteiger partial charge >= 0.3 is 0 Å². The highest BCUT2D eigenvalue weighted by molar-refractivity contribution is 6.30. The van der Waals surface area contributed by atoms with Gasteiger partial charge in [-0.15, -0.1) is 11.6 Å². The second-order valence-electron chi connectivity index (χ2n) is 5.72. The van der Waals surface area contributed by atoms with Crippen LogP contribution in [0.15, 0.2) is 18.2 Å². The number of alkyl halides is 1. The van der Waals surface area contributed by atoms with E-state index < -0.39 is 0 Å². The molecule has 1 aliphatic carbocycles. The number of amides is 1. The molecule has 3 nitrogen and oxygen atoms in total. The lowest BCUT2D eigenvalue weighted by molar-refractivity contribution is -0.119. The van der Waals surface area contributed by atoms with Crippen molar-refractivity contribution in [3.63, 3.8) is 0 Å². The summed E-state index contributed by atoms with van der Waals surface area (Å²) in [5.41, 5.74) is 8.20. The molecule has 0 bridgehead atoms. The zero-order chi connectivity index (χ0) is 14.2. The van der Waals surface area contributed by atoms with E-state index >= 15 is 0 Å². The Morgan fingerprint density at radius 1 is 1.42 bits per heavy atom. The fraction of sp³-hybridized carbons (Fsp3) is 0.467. The van der Waals surface area contributed by atoms with Crippen LogP contribution in [0.25, 0.3) is 0 Å². The summed E-state index contributed by atoms with van der Waals surface area (Å²) in [6.45, 7) is 4.24. The molecule has 102 valence electrons. The van der Waals surface area contributed by atoms with Crippen LogP contribution in [0.3, 0.4) is 0 Å². The Bertz CT molecular complexity index is 537. The number of carbonyl (C=O) groups excluding carboxylic acids is 2. The van der Waals surface area contributed by atoms with Gasteiger partial charge < -0.3 is 5.73 Å². The van der Waals surface area contributed by atoms with E-state index in [1.807, 2.05) is 18.2 Å². The highest BCUT2D eigenvalue weighted by Gasteiger charge is 2.40. The van der Waals surface area contributed by atoms with Gasteiger partial charge in [-0.05, 0) is 34.9 Å². The maximum absolute atomic E-state index is 11.6. The lowest BCUT2D eigenvalue weighted by atomic mass is 9.77. The summed E-state index contributed by atoms with van der Waals surface area (Å²) in [5.74, 6) is -0.155. The highest BCUT2D eigenvalue weighted by atomic mass is 35.5. The second-order valence-corrected chi connectivity index (χ2v) is 5.99. The number of benzene rings is 1. The zero-order valence-electron chi connectivity index (χ0n) is 11.2. The number of Topliss-reactive ketones (excluding diaryl/α,β-unsaturated/α-hetero) is 1. The minimum atomic E-state index is -0.275. The van der Waals surface area contributed by atoms with Crippen molar-refractivity contribution in [1.29, 1.82) is 0 Å². The number of carbonyl (C=O) groups is 2. The summed E-state index contributed by atoms with van der Waals surface area (Å²) in [7, 11) is 0.